The molecule has 0 aliphatic heterocycles. The summed E-state index contributed by atoms with van der Waals surface area (Å²) in [4.78, 5) is 12.0. The summed E-state index contributed by atoms with van der Waals surface area (Å²) in [5, 5.41) is 12.2. The molecular formula is C15H16ClNO2. The van der Waals surface area contributed by atoms with Crippen LogP contribution >= 0.6 is 12.4 Å². The van der Waals surface area contributed by atoms with E-state index in [2.05, 4.69) is 5.32 Å². The molecule has 2 aromatic rings. The molecule has 0 heterocycles. The van der Waals surface area contributed by atoms with Gasteiger partial charge in [0.25, 0.3) is 5.91 Å². The van der Waals surface area contributed by atoms with Crippen LogP contribution in [0, 0.1) is 0 Å². The molecule has 1 unspecified atom stereocenters. The summed E-state index contributed by atoms with van der Waals surface area (Å²) in [5.41, 5.74) is 1.48. The SMILES string of the molecule is Cl.O=C(NC(CO)c1ccccc1)c1ccccc1. The van der Waals surface area contributed by atoms with Gasteiger partial charge in [0, 0.05) is 5.56 Å². The molecule has 0 fully saturated rings. The van der Waals surface area contributed by atoms with Crippen molar-refractivity contribution >= 4 is 18.3 Å². The average Bonchev–Trinajstić information content (AvgIpc) is 2.46. The van der Waals surface area contributed by atoms with E-state index < -0.39 is 0 Å². The van der Waals surface area contributed by atoms with Crippen LogP contribution in [-0.2, 0) is 0 Å². The topological polar surface area (TPSA) is 49.3 Å². The number of carbonyl (C=O) groups is 1. The van der Waals surface area contributed by atoms with E-state index in [1.165, 1.54) is 0 Å². The van der Waals surface area contributed by atoms with E-state index in [4.69, 9.17) is 0 Å². The van der Waals surface area contributed by atoms with E-state index in [-0.39, 0.29) is 31.0 Å². The summed E-state index contributed by atoms with van der Waals surface area (Å²) in [5.74, 6) is -0.182. The second-order valence-corrected chi connectivity index (χ2v) is 3.99. The first-order chi connectivity index (χ1) is 8.81. The van der Waals surface area contributed by atoms with Crippen molar-refractivity contribution in [1.82, 2.24) is 5.32 Å². The third-order valence-corrected chi connectivity index (χ3v) is 2.73. The van der Waals surface area contributed by atoms with E-state index in [0.717, 1.165) is 5.56 Å². The minimum absolute atomic E-state index is 0. The van der Waals surface area contributed by atoms with Crippen LogP contribution in [0.15, 0.2) is 60.7 Å². The van der Waals surface area contributed by atoms with Crippen molar-refractivity contribution in [2.24, 2.45) is 0 Å². The van der Waals surface area contributed by atoms with Crippen LogP contribution in [0.25, 0.3) is 0 Å². The van der Waals surface area contributed by atoms with Gasteiger partial charge < -0.3 is 10.4 Å². The van der Waals surface area contributed by atoms with Gasteiger partial charge in [-0.2, -0.15) is 0 Å². The van der Waals surface area contributed by atoms with Crippen LogP contribution in [0.3, 0.4) is 0 Å². The smallest absolute Gasteiger partial charge is 0.251 e. The summed E-state index contributed by atoms with van der Waals surface area (Å²) in [6.45, 7) is -0.122. The maximum absolute atomic E-state index is 12.0. The lowest BCUT2D eigenvalue weighted by Gasteiger charge is -2.16. The summed E-state index contributed by atoms with van der Waals surface area (Å²) >= 11 is 0. The number of benzene rings is 2. The van der Waals surface area contributed by atoms with Crippen molar-refractivity contribution in [1.29, 1.82) is 0 Å². The average molecular weight is 278 g/mol. The Morgan fingerprint density at radius 3 is 2.05 bits per heavy atom. The van der Waals surface area contributed by atoms with Gasteiger partial charge in [-0.3, -0.25) is 4.79 Å². The monoisotopic (exact) mass is 277 g/mol. The van der Waals surface area contributed by atoms with Crippen LogP contribution in [0.1, 0.15) is 22.0 Å². The molecule has 0 spiro atoms. The Balaban J connectivity index is 0.00000180. The van der Waals surface area contributed by atoms with Crippen molar-refractivity contribution in [3.63, 3.8) is 0 Å². The number of carbonyl (C=O) groups excluding carboxylic acids is 1. The highest BCUT2D eigenvalue weighted by molar-refractivity contribution is 5.94. The number of hydrogen-bond donors (Lipinski definition) is 2. The lowest BCUT2D eigenvalue weighted by Crippen LogP contribution is -2.30. The molecular weight excluding hydrogens is 262 g/mol. The van der Waals surface area contributed by atoms with Crippen LogP contribution < -0.4 is 5.32 Å². The standard InChI is InChI=1S/C15H15NO2.ClH/c17-11-14(12-7-3-1-4-8-12)16-15(18)13-9-5-2-6-10-13;/h1-10,14,17H,11H2,(H,16,18);1H. The highest BCUT2D eigenvalue weighted by Crippen LogP contribution is 2.12. The third-order valence-electron chi connectivity index (χ3n) is 2.73. The van der Waals surface area contributed by atoms with Crippen LogP contribution in [-0.4, -0.2) is 17.6 Å². The molecule has 19 heavy (non-hydrogen) atoms. The molecule has 2 aromatic carbocycles. The molecule has 4 heteroatoms. The number of nitrogens with one attached hydrogen (secondary N) is 1. The lowest BCUT2D eigenvalue weighted by atomic mass is 10.1. The van der Waals surface area contributed by atoms with Crippen LogP contribution in [0.5, 0.6) is 0 Å². The third kappa shape index (κ3) is 4.09. The zero-order valence-electron chi connectivity index (χ0n) is 10.3. The molecule has 3 nitrogen and oxygen atoms in total. The fourth-order valence-electron chi connectivity index (χ4n) is 1.75. The molecule has 0 aliphatic carbocycles. The minimum Gasteiger partial charge on any atom is -0.394 e. The summed E-state index contributed by atoms with van der Waals surface area (Å²) in [6, 6.07) is 18.0. The molecule has 2 rings (SSSR count). The van der Waals surface area contributed by atoms with Gasteiger partial charge in [-0.1, -0.05) is 48.5 Å². The van der Waals surface area contributed by atoms with Gasteiger partial charge in [-0.15, -0.1) is 12.4 Å². The summed E-state index contributed by atoms with van der Waals surface area (Å²) < 4.78 is 0. The van der Waals surface area contributed by atoms with Gasteiger partial charge >= 0.3 is 0 Å². The quantitative estimate of drug-likeness (QED) is 0.902. The van der Waals surface area contributed by atoms with Crippen molar-refractivity contribution < 1.29 is 9.90 Å². The molecule has 1 atom stereocenters. The molecule has 0 saturated heterocycles. The zero-order valence-corrected chi connectivity index (χ0v) is 11.1. The number of rotatable bonds is 4. The first kappa shape index (κ1) is 15.2. The normalized spacial score (nSPS) is 11.2. The Bertz CT molecular complexity index is 502. The highest BCUT2D eigenvalue weighted by Gasteiger charge is 2.14. The van der Waals surface area contributed by atoms with E-state index in [1.54, 1.807) is 12.1 Å². The van der Waals surface area contributed by atoms with Crippen molar-refractivity contribution in [3.05, 3.63) is 71.8 Å². The van der Waals surface area contributed by atoms with Gasteiger partial charge in [0.1, 0.15) is 0 Å². The fraction of sp³-hybridized carbons (Fsp3) is 0.133. The Hall–Kier alpha value is -1.84. The summed E-state index contributed by atoms with van der Waals surface area (Å²) in [6.07, 6.45) is 0. The number of aliphatic hydroxyl groups excluding tert-OH is 1. The predicted octanol–water partition coefficient (Wildman–Crippen LogP) is 2.57. The molecule has 0 aromatic heterocycles. The van der Waals surface area contributed by atoms with E-state index in [9.17, 15) is 9.90 Å². The number of amides is 1. The van der Waals surface area contributed by atoms with E-state index in [1.807, 2.05) is 48.5 Å². The summed E-state index contributed by atoms with van der Waals surface area (Å²) in [7, 11) is 0. The molecule has 100 valence electrons. The van der Waals surface area contributed by atoms with E-state index >= 15 is 0 Å². The molecule has 0 saturated carbocycles. The molecule has 2 N–H and O–H groups in total. The van der Waals surface area contributed by atoms with Crippen LogP contribution in [0.4, 0.5) is 0 Å². The first-order valence-corrected chi connectivity index (χ1v) is 5.83. The molecule has 0 bridgehead atoms. The van der Waals surface area contributed by atoms with Gasteiger partial charge in [0.2, 0.25) is 0 Å². The molecule has 1 amide bonds. The van der Waals surface area contributed by atoms with Crippen molar-refractivity contribution in [2.45, 2.75) is 6.04 Å². The maximum atomic E-state index is 12.0. The van der Waals surface area contributed by atoms with Gasteiger partial charge in [-0.25, -0.2) is 0 Å². The largest absolute Gasteiger partial charge is 0.394 e. The number of halogens is 1. The van der Waals surface area contributed by atoms with Gasteiger partial charge in [0.15, 0.2) is 0 Å². The van der Waals surface area contributed by atoms with E-state index in [0.29, 0.717) is 5.56 Å². The lowest BCUT2D eigenvalue weighted by molar-refractivity contribution is 0.0916. The minimum atomic E-state index is -0.376. The number of aliphatic hydroxyl groups is 1. The molecule has 0 radical (unpaired) electrons. The zero-order chi connectivity index (χ0) is 12.8. The first-order valence-electron chi connectivity index (χ1n) is 5.83. The second kappa shape index (κ2) is 7.56. The second-order valence-electron chi connectivity index (χ2n) is 3.99. The Morgan fingerprint density at radius 1 is 1.00 bits per heavy atom. The molecule has 0 aliphatic rings. The van der Waals surface area contributed by atoms with Crippen molar-refractivity contribution in [2.75, 3.05) is 6.61 Å². The van der Waals surface area contributed by atoms with Gasteiger partial charge in [0.05, 0.1) is 12.6 Å². The van der Waals surface area contributed by atoms with Crippen molar-refractivity contribution in [3.8, 4) is 0 Å². The highest BCUT2D eigenvalue weighted by atomic mass is 35.5. The Labute approximate surface area is 118 Å². The Morgan fingerprint density at radius 2 is 1.53 bits per heavy atom. The predicted molar refractivity (Wildman–Crippen MR) is 77.4 cm³/mol. The maximum Gasteiger partial charge on any atom is 0.251 e. The van der Waals surface area contributed by atoms with Gasteiger partial charge in [-0.05, 0) is 17.7 Å². The number of hydrogen-bond acceptors (Lipinski definition) is 2. The fourth-order valence-corrected chi connectivity index (χ4v) is 1.75. The Kier molecular flexibility index (Phi) is 6.06. The van der Waals surface area contributed by atoms with Crippen LogP contribution in [0.2, 0.25) is 0 Å².